The van der Waals surface area contributed by atoms with Crippen LogP contribution in [0.4, 0.5) is 4.79 Å². The molecular formula is C18H16N6O2S. The molecule has 0 atom stereocenters. The van der Waals surface area contributed by atoms with Gasteiger partial charge in [0, 0.05) is 25.1 Å². The van der Waals surface area contributed by atoms with Crippen molar-refractivity contribution in [1.82, 2.24) is 30.2 Å². The van der Waals surface area contributed by atoms with Gasteiger partial charge in [-0.05, 0) is 29.1 Å². The van der Waals surface area contributed by atoms with Crippen molar-refractivity contribution in [2.24, 2.45) is 0 Å². The lowest BCUT2D eigenvalue weighted by Gasteiger charge is -2.08. The van der Waals surface area contributed by atoms with Gasteiger partial charge in [-0.2, -0.15) is 0 Å². The molecule has 4 aromatic heterocycles. The predicted molar refractivity (Wildman–Crippen MR) is 100 cm³/mol. The summed E-state index contributed by atoms with van der Waals surface area (Å²) >= 11 is 1.55. The molecule has 8 nitrogen and oxygen atoms in total. The summed E-state index contributed by atoms with van der Waals surface area (Å²) in [6.45, 7) is 0.673. The number of imidazole rings is 1. The number of hydrogen-bond donors (Lipinski definition) is 2. The number of urea groups is 1. The standard InChI is InChI=1S/C18H16N6O2S/c25-18(22-10-14-11-26-17(23-14)15-2-1-7-27-15)21-9-13-3-4-20-16(8-13)24-6-5-19-12-24/h1-8,11-12H,9-10H2,(H2,21,22,25). The maximum absolute atomic E-state index is 12.0. The van der Waals surface area contributed by atoms with Crippen LogP contribution in [0, 0.1) is 0 Å². The van der Waals surface area contributed by atoms with Gasteiger partial charge in [-0.15, -0.1) is 11.3 Å². The number of pyridine rings is 1. The third-order valence-corrected chi connectivity index (χ3v) is 4.60. The van der Waals surface area contributed by atoms with E-state index < -0.39 is 0 Å². The van der Waals surface area contributed by atoms with Crippen molar-refractivity contribution >= 4 is 17.4 Å². The van der Waals surface area contributed by atoms with E-state index in [9.17, 15) is 4.79 Å². The van der Waals surface area contributed by atoms with E-state index in [-0.39, 0.29) is 12.6 Å². The first-order valence-corrected chi connectivity index (χ1v) is 9.09. The van der Waals surface area contributed by atoms with Crippen LogP contribution in [-0.4, -0.2) is 25.6 Å². The average molecular weight is 380 g/mol. The van der Waals surface area contributed by atoms with Gasteiger partial charge in [0.1, 0.15) is 18.4 Å². The molecule has 2 amide bonds. The topological polar surface area (TPSA) is 97.9 Å². The summed E-state index contributed by atoms with van der Waals surface area (Å²) in [5.74, 6) is 1.31. The molecule has 4 rings (SSSR count). The Labute approximate surface area is 158 Å². The number of carbonyl (C=O) groups is 1. The molecule has 0 aliphatic heterocycles. The van der Waals surface area contributed by atoms with Crippen LogP contribution in [-0.2, 0) is 13.1 Å². The minimum atomic E-state index is -0.281. The second kappa shape index (κ2) is 7.83. The Morgan fingerprint density at radius 1 is 1.22 bits per heavy atom. The summed E-state index contributed by atoms with van der Waals surface area (Å²) in [5.41, 5.74) is 1.60. The molecule has 4 aromatic rings. The molecule has 0 fully saturated rings. The zero-order valence-corrected chi connectivity index (χ0v) is 15.0. The van der Waals surface area contributed by atoms with Gasteiger partial charge in [0.15, 0.2) is 0 Å². The zero-order valence-electron chi connectivity index (χ0n) is 14.2. The fourth-order valence-corrected chi connectivity index (χ4v) is 3.08. The number of oxazole rings is 1. The van der Waals surface area contributed by atoms with Crippen LogP contribution in [0.5, 0.6) is 0 Å². The maximum atomic E-state index is 12.0. The summed E-state index contributed by atoms with van der Waals surface area (Å²) in [4.78, 5) is 25.6. The van der Waals surface area contributed by atoms with Crippen LogP contribution in [0.1, 0.15) is 11.3 Å². The lowest BCUT2D eigenvalue weighted by atomic mass is 10.2. The van der Waals surface area contributed by atoms with Gasteiger partial charge in [-0.3, -0.25) is 4.57 Å². The van der Waals surface area contributed by atoms with Gasteiger partial charge < -0.3 is 15.1 Å². The fraction of sp³-hybridized carbons (Fsp3) is 0.111. The van der Waals surface area contributed by atoms with Crippen molar-refractivity contribution in [2.75, 3.05) is 0 Å². The number of thiophene rings is 1. The Hall–Kier alpha value is -3.46. The average Bonchev–Trinajstić information content (AvgIpc) is 3.46. The number of rotatable bonds is 6. The largest absolute Gasteiger partial charge is 0.443 e. The summed E-state index contributed by atoms with van der Waals surface area (Å²) in [7, 11) is 0. The molecular weight excluding hydrogens is 364 g/mol. The highest BCUT2D eigenvalue weighted by Gasteiger charge is 2.09. The Bertz CT molecular complexity index is 1010. The molecule has 27 heavy (non-hydrogen) atoms. The third-order valence-electron chi connectivity index (χ3n) is 3.75. The molecule has 0 bridgehead atoms. The Balaban J connectivity index is 1.28. The molecule has 0 radical (unpaired) electrons. The van der Waals surface area contributed by atoms with E-state index in [0.717, 1.165) is 16.3 Å². The van der Waals surface area contributed by atoms with Crippen LogP contribution in [0.3, 0.4) is 0 Å². The minimum Gasteiger partial charge on any atom is -0.443 e. The van der Waals surface area contributed by atoms with E-state index in [2.05, 4.69) is 25.6 Å². The molecule has 0 unspecified atom stereocenters. The molecule has 0 saturated carbocycles. The number of nitrogens with zero attached hydrogens (tertiary/aromatic N) is 4. The lowest BCUT2D eigenvalue weighted by Crippen LogP contribution is -2.34. The smallest absolute Gasteiger partial charge is 0.315 e. The van der Waals surface area contributed by atoms with E-state index >= 15 is 0 Å². The van der Waals surface area contributed by atoms with Crippen molar-refractivity contribution in [3.63, 3.8) is 0 Å². The van der Waals surface area contributed by atoms with Gasteiger partial charge >= 0.3 is 6.03 Å². The summed E-state index contributed by atoms with van der Waals surface area (Å²) in [6.07, 6.45) is 8.43. The van der Waals surface area contributed by atoms with Gasteiger partial charge in [-0.1, -0.05) is 6.07 Å². The van der Waals surface area contributed by atoms with Gasteiger partial charge in [0.2, 0.25) is 5.89 Å². The van der Waals surface area contributed by atoms with E-state index in [1.165, 1.54) is 0 Å². The second-order valence-corrected chi connectivity index (χ2v) is 6.60. The monoisotopic (exact) mass is 380 g/mol. The summed E-state index contributed by atoms with van der Waals surface area (Å²) < 4.78 is 7.24. The first kappa shape index (κ1) is 17.0. The predicted octanol–water partition coefficient (Wildman–Crippen LogP) is 2.98. The number of amides is 2. The highest BCUT2D eigenvalue weighted by Crippen LogP contribution is 2.23. The van der Waals surface area contributed by atoms with Gasteiger partial charge in [0.05, 0.1) is 17.1 Å². The second-order valence-electron chi connectivity index (χ2n) is 5.65. The van der Waals surface area contributed by atoms with Gasteiger partial charge in [0.25, 0.3) is 0 Å². The van der Waals surface area contributed by atoms with Crippen molar-refractivity contribution in [2.45, 2.75) is 13.1 Å². The lowest BCUT2D eigenvalue weighted by molar-refractivity contribution is 0.240. The zero-order chi connectivity index (χ0) is 18.5. The highest BCUT2D eigenvalue weighted by molar-refractivity contribution is 7.13. The number of carbonyl (C=O) groups excluding carboxylic acids is 1. The fourth-order valence-electron chi connectivity index (χ4n) is 2.42. The maximum Gasteiger partial charge on any atom is 0.315 e. The van der Waals surface area contributed by atoms with Crippen LogP contribution in [0.2, 0.25) is 0 Å². The van der Waals surface area contributed by atoms with Crippen LogP contribution < -0.4 is 10.6 Å². The van der Waals surface area contributed by atoms with Crippen molar-refractivity contribution in [3.05, 3.63) is 72.1 Å². The molecule has 0 aliphatic rings. The van der Waals surface area contributed by atoms with E-state index in [1.54, 1.807) is 40.9 Å². The SMILES string of the molecule is O=C(NCc1ccnc(-n2ccnc2)c1)NCc1coc(-c2cccs2)n1. The molecule has 9 heteroatoms. The molecule has 136 valence electrons. The number of hydrogen-bond acceptors (Lipinski definition) is 6. The molecule has 2 N–H and O–H groups in total. The van der Waals surface area contributed by atoms with Crippen LogP contribution >= 0.6 is 11.3 Å². The molecule has 0 aliphatic carbocycles. The third kappa shape index (κ3) is 4.21. The van der Waals surface area contributed by atoms with E-state index in [4.69, 9.17) is 4.42 Å². The minimum absolute atomic E-state index is 0.281. The molecule has 0 saturated heterocycles. The number of nitrogens with one attached hydrogen (secondary N) is 2. The Morgan fingerprint density at radius 2 is 2.15 bits per heavy atom. The summed E-state index contributed by atoms with van der Waals surface area (Å²) in [5, 5.41) is 7.55. The van der Waals surface area contributed by atoms with Crippen LogP contribution in [0.15, 0.2) is 65.2 Å². The van der Waals surface area contributed by atoms with E-state index in [0.29, 0.717) is 18.1 Å². The Morgan fingerprint density at radius 3 is 2.96 bits per heavy atom. The van der Waals surface area contributed by atoms with E-state index in [1.807, 2.05) is 35.8 Å². The molecule has 0 spiro atoms. The van der Waals surface area contributed by atoms with Crippen LogP contribution in [0.25, 0.3) is 16.6 Å². The van der Waals surface area contributed by atoms with Crippen molar-refractivity contribution < 1.29 is 9.21 Å². The summed E-state index contributed by atoms with van der Waals surface area (Å²) in [6, 6.07) is 7.34. The molecule has 4 heterocycles. The van der Waals surface area contributed by atoms with Crippen molar-refractivity contribution in [3.8, 4) is 16.6 Å². The molecule has 0 aromatic carbocycles. The quantitative estimate of drug-likeness (QED) is 0.536. The Kier molecular flexibility index (Phi) is 4.93. The first-order valence-electron chi connectivity index (χ1n) is 8.21. The highest BCUT2D eigenvalue weighted by atomic mass is 32.1. The van der Waals surface area contributed by atoms with Crippen molar-refractivity contribution in [1.29, 1.82) is 0 Å². The van der Waals surface area contributed by atoms with Gasteiger partial charge in [-0.25, -0.2) is 19.7 Å². The first-order chi connectivity index (χ1) is 13.3. The normalized spacial score (nSPS) is 10.7. The number of aromatic nitrogens is 4.